The lowest BCUT2D eigenvalue weighted by Crippen LogP contribution is -2.30. The summed E-state index contributed by atoms with van der Waals surface area (Å²) in [5.74, 6) is 6.85. The normalized spacial score (nSPS) is 19.5. The van der Waals surface area contributed by atoms with Gasteiger partial charge in [0.1, 0.15) is 0 Å². The van der Waals surface area contributed by atoms with Crippen LogP contribution in [0.2, 0.25) is 0 Å². The van der Waals surface area contributed by atoms with Crippen LogP contribution in [-0.2, 0) is 47.5 Å². The molecule has 0 aromatic heterocycles. The van der Waals surface area contributed by atoms with Gasteiger partial charge < -0.3 is 48.3 Å². The minimum absolute atomic E-state index is 0.00160. The van der Waals surface area contributed by atoms with Gasteiger partial charge in [-0.15, -0.1) is 11.8 Å². The van der Waals surface area contributed by atoms with Crippen molar-refractivity contribution in [1.29, 1.82) is 0 Å². The molecule has 0 saturated heterocycles. The second-order valence-electron chi connectivity index (χ2n) is 9.62. The highest BCUT2D eigenvalue weighted by Gasteiger charge is 2.53. The van der Waals surface area contributed by atoms with Crippen molar-refractivity contribution >= 4 is 11.9 Å². The van der Waals surface area contributed by atoms with Crippen molar-refractivity contribution in [2.24, 2.45) is 17.8 Å². The molecule has 1 unspecified atom stereocenters. The Labute approximate surface area is 244 Å². The van der Waals surface area contributed by atoms with Crippen molar-refractivity contribution in [3.05, 3.63) is 0 Å². The van der Waals surface area contributed by atoms with E-state index in [0.717, 1.165) is 25.7 Å². The quantitative estimate of drug-likeness (QED) is 0.101. The molecule has 1 saturated carbocycles. The number of carbonyl (C=O) groups excluding carboxylic acids is 1. The number of carboxylic acids is 1. The van der Waals surface area contributed by atoms with Crippen LogP contribution in [0.5, 0.6) is 0 Å². The summed E-state index contributed by atoms with van der Waals surface area (Å²) in [6.45, 7) is 7.73. The van der Waals surface area contributed by atoms with Gasteiger partial charge in [-0.1, -0.05) is 0 Å². The summed E-state index contributed by atoms with van der Waals surface area (Å²) in [6, 6.07) is 0. The first-order valence-corrected chi connectivity index (χ1v) is 14.8. The van der Waals surface area contributed by atoms with Crippen LogP contribution < -0.4 is 5.32 Å². The number of carbonyl (C=O) groups is 2. The maximum Gasteiger partial charge on any atom is 0.305 e. The van der Waals surface area contributed by atoms with E-state index in [0.29, 0.717) is 117 Å². The van der Waals surface area contributed by atoms with Gasteiger partial charge in [-0.05, 0) is 24.7 Å². The zero-order valence-electron chi connectivity index (χ0n) is 24.3. The number of hydrogen-bond acceptors (Lipinski definition) is 10. The van der Waals surface area contributed by atoms with Crippen LogP contribution in [0.1, 0.15) is 32.1 Å². The first kappa shape index (κ1) is 35.4. The third kappa shape index (κ3) is 19.1. The largest absolute Gasteiger partial charge is 0.481 e. The number of amides is 1. The number of carboxylic acid groups (broad SMARTS) is 1. The average molecular weight is 588 g/mol. The Balaban J connectivity index is 1.19. The minimum Gasteiger partial charge on any atom is -0.481 e. The van der Waals surface area contributed by atoms with Crippen molar-refractivity contribution < 1.29 is 52.6 Å². The molecular weight excluding hydrogens is 538 g/mol. The van der Waals surface area contributed by atoms with Crippen LogP contribution >= 0.6 is 0 Å². The Bertz CT molecular complexity index is 724. The Morgan fingerprint density at radius 3 is 1.27 bits per heavy atom. The molecular formula is C29H49NO11. The van der Waals surface area contributed by atoms with Gasteiger partial charge in [0.25, 0.3) is 0 Å². The van der Waals surface area contributed by atoms with Gasteiger partial charge in [0.05, 0.1) is 112 Å². The van der Waals surface area contributed by atoms with E-state index >= 15 is 0 Å². The monoisotopic (exact) mass is 587 g/mol. The van der Waals surface area contributed by atoms with Crippen molar-refractivity contribution in [3.63, 3.8) is 0 Å². The zero-order valence-corrected chi connectivity index (χ0v) is 24.3. The number of aliphatic carboxylic acids is 1. The number of fused-ring (bicyclic) bond motifs is 1. The van der Waals surface area contributed by atoms with E-state index in [-0.39, 0.29) is 24.9 Å². The van der Waals surface area contributed by atoms with Gasteiger partial charge >= 0.3 is 5.97 Å². The van der Waals surface area contributed by atoms with Crippen LogP contribution in [0.4, 0.5) is 0 Å². The SMILES string of the molecule is O=C(O)CCOCCOCCOCCOCCOCCOCCOCCOCCNC(=O)C1[C@H]2CCC#CCC[C@@H]12. The maximum absolute atomic E-state index is 12.4. The standard InChI is InChI=1S/C29H49NO11/c31-27(32)7-9-34-11-13-36-15-17-38-19-21-40-23-24-41-22-20-39-18-16-37-14-12-35-10-8-30-29(33)28-25-5-3-1-2-4-6-26(25)28/h25-26,28H,3-24H2,(H,30,33)(H,31,32)/t25-,26+,28?. The average Bonchev–Trinajstić information content (AvgIpc) is 3.62. The van der Waals surface area contributed by atoms with E-state index in [1.807, 2.05) is 0 Å². The van der Waals surface area contributed by atoms with Crippen LogP contribution in [-0.4, -0.2) is 129 Å². The molecule has 0 bridgehead atoms. The fourth-order valence-corrected chi connectivity index (χ4v) is 4.44. The van der Waals surface area contributed by atoms with E-state index in [1.165, 1.54) is 0 Å². The highest BCUT2D eigenvalue weighted by molar-refractivity contribution is 5.82. The third-order valence-corrected chi connectivity index (χ3v) is 6.57. The van der Waals surface area contributed by atoms with Crippen molar-refractivity contribution in [1.82, 2.24) is 5.32 Å². The van der Waals surface area contributed by atoms with Crippen LogP contribution in [0.15, 0.2) is 0 Å². The summed E-state index contributed by atoms with van der Waals surface area (Å²) in [5.41, 5.74) is 0. The molecule has 2 rings (SSSR count). The lowest BCUT2D eigenvalue weighted by Gasteiger charge is -2.09. The Morgan fingerprint density at radius 2 is 0.902 bits per heavy atom. The summed E-state index contributed by atoms with van der Waals surface area (Å²) in [5, 5.41) is 11.5. The molecule has 41 heavy (non-hydrogen) atoms. The molecule has 1 fully saturated rings. The summed E-state index contributed by atoms with van der Waals surface area (Å²) < 4.78 is 43.2. The summed E-state index contributed by atoms with van der Waals surface area (Å²) in [7, 11) is 0. The smallest absolute Gasteiger partial charge is 0.305 e. The number of rotatable bonds is 28. The van der Waals surface area contributed by atoms with Crippen molar-refractivity contribution in [2.75, 3.05) is 112 Å². The summed E-state index contributed by atoms with van der Waals surface area (Å²) in [4.78, 5) is 22.7. The molecule has 0 aliphatic heterocycles. The molecule has 12 heteroatoms. The van der Waals surface area contributed by atoms with E-state index in [9.17, 15) is 9.59 Å². The molecule has 12 nitrogen and oxygen atoms in total. The molecule has 236 valence electrons. The van der Waals surface area contributed by atoms with Gasteiger partial charge in [0.2, 0.25) is 5.91 Å². The lowest BCUT2D eigenvalue weighted by molar-refractivity contribution is -0.138. The Hall–Kier alpha value is -1.82. The Kier molecular flexibility index (Phi) is 21.4. The minimum atomic E-state index is -0.874. The number of ether oxygens (including phenoxy) is 8. The third-order valence-electron chi connectivity index (χ3n) is 6.57. The molecule has 1 amide bonds. The van der Waals surface area contributed by atoms with Gasteiger partial charge in [-0.2, -0.15) is 0 Å². The summed E-state index contributed by atoms with van der Waals surface area (Å²) >= 11 is 0. The van der Waals surface area contributed by atoms with Crippen LogP contribution in [0.25, 0.3) is 0 Å². The second kappa shape index (κ2) is 24.7. The molecule has 0 spiro atoms. The summed E-state index contributed by atoms with van der Waals surface area (Å²) in [6.07, 6.45) is 3.92. The molecule has 0 aromatic rings. The van der Waals surface area contributed by atoms with E-state index in [2.05, 4.69) is 17.2 Å². The number of hydrogen-bond donors (Lipinski definition) is 2. The molecule has 0 radical (unpaired) electrons. The molecule has 2 aliphatic rings. The van der Waals surface area contributed by atoms with Gasteiger partial charge in [0.15, 0.2) is 0 Å². The van der Waals surface area contributed by atoms with E-state index in [1.54, 1.807) is 0 Å². The van der Waals surface area contributed by atoms with Gasteiger partial charge in [-0.25, -0.2) is 0 Å². The van der Waals surface area contributed by atoms with E-state index in [4.69, 9.17) is 43.0 Å². The predicted molar refractivity (Wildman–Crippen MR) is 149 cm³/mol. The number of nitrogens with one attached hydrogen (secondary N) is 1. The molecule has 2 aliphatic carbocycles. The first-order chi connectivity index (χ1) is 20.2. The van der Waals surface area contributed by atoms with Gasteiger partial charge in [-0.3, -0.25) is 9.59 Å². The maximum atomic E-state index is 12.4. The van der Waals surface area contributed by atoms with Crippen LogP contribution in [0, 0.1) is 29.6 Å². The molecule has 3 atom stereocenters. The van der Waals surface area contributed by atoms with Crippen molar-refractivity contribution in [2.45, 2.75) is 32.1 Å². The lowest BCUT2D eigenvalue weighted by atomic mass is 10.1. The molecule has 0 aromatic carbocycles. The zero-order chi connectivity index (χ0) is 29.2. The molecule has 2 N–H and O–H groups in total. The first-order valence-electron chi connectivity index (χ1n) is 14.8. The molecule has 0 heterocycles. The highest BCUT2D eigenvalue weighted by atomic mass is 16.6. The second-order valence-corrected chi connectivity index (χ2v) is 9.62. The Morgan fingerprint density at radius 1 is 0.561 bits per heavy atom. The van der Waals surface area contributed by atoms with E-state index < -0.39 is 5.97 Å². The van der Waals surface area contributed by atoms with Gasteiger partial charge in [0, 0.05) is 25.3 Å². The van der Waals surface area contributed by atoms with Crippen molar-refractivity contribution in [3.8, 4) is 11.8 Å². The predicted octanol–water partition coefficient (Wildman–Crippen LogP) is 1.15. The fraction of sp³-hybridized carbons (Fsp3) is 0.862. The van der Waals surface area contributed by atoms with Crippen LogP contribution in [0.3, 0.4) is 0 Å². The highest BCUT2D eigenvalue weighted by Crippen LogP contribution is 2.52. The fourth-order valence-electron chi connectivity index (χ4n) is 4.44. The topological polar surface area (TPSA) is 140 Å².